The van der Waals surface area contributed by atoms with Crippen molar-refractivity contribution in [2.24, 2.45) is 0 Å². The van der Waals surface area contributed by atoms with Crippen molar-refractivity contribution >= 4 is 27.5 Å². The number of halogens is 1. The monoisotopic (exact) mass is 333 g/mol. The molecule has 1 atom stereocenters. The molecular formula is C16H16BrNO2. The van der Waals surface area contributed by atoms with Gasteiger partial charge in [-0.05, 0) is 43.2 Å². The number of hydrogen-bond acceptors (Lipinski definition) is 2. The number of benzene rings is 2. The van der Waals surface area contributed by atoms with E-state index in [0.29, 0.717) is 0 Å². The summed E-state index contributed by atoms with van der Waals surface area (Å²) < 4.78 is 0. The topological polar surface area (TPSA) is 49.3 Å². The van der Waals surface area contributed by atoms with Crippen LogP contribution >= 0.6 is 15.9 Å². The standard InChI is InChI=1S/C16H16BrNO2/c1-10-7-8-13(15(19)9-10)16(20)18-14-6-4-3-5-12(14)11(2)17/h3-9,11,19H,1-2H3,(H,18,20). The van der Waals surface area contributed by atoms with Crippen LogP contribution in [0.25, 0.3) is 0 Å². The Morgan fingerprint density at radius 2 is 1.95 bits per heavy atom. The van der Waals surface area contributed by atoms with Gasteiger partial charge in [0.2, 0.25) is 0 Å². The number of aryl methyl sites for hydroxylation is 1. The van der Waals surface area contributed by atoms with Crippen molar-refractivity contribution in [2.75, 3.05) is 5.32 Å². The Morgan fingerprint density at radius 1 is 1.25 bits per heavy atom. The lowest BCUT2D eigenvalue weighted by atomic mass is 10.1. The number of carbonyl (C=O) groups excluding carboxylic acids is 1. The minimum absolute atomic E-state index is 0.00753. The summed E-state index contributed by atoms with van der Waals surface area (Å²) in [6, 6.07) is 12.6. The zero-order valence-corrected chi connectivity index (χ0v) is 12.9. The first-order chi connectivity index (χ1) is 9.49. The minimum atomic E-state index is -0.317. The molecule has 0 aliphatic rings. The summed E-state index contributed by atoms with van der Waals surface area (Å²) in [4.78, 5) is 12.4. The van der Waals surface area contributed by atoms with E-state index in [9.17, 15) is 9.90 Å². The van der Waals surface area contributed by atoms with E-state index in [0.717, 1.165) is 16.8 Å². The molecule has 2 aromatic carbocycles. The molecule has 0 aliphatic heterocycles. The predicted octanol–water partition coefficient (Wildman–Crippen LogP) is 4.41. The molecule has 104 valence electrons. The van der Waals surface area contributed by atoms with Gasteiger partial charge in [-0.15, -0.1) is 0 Å². The van der Waals surface area contributed by atoms with Gasteiger partial charge in [-0.25, -0.2) is 0 Å². The van der Waals surface area contributed by atoms with Crippen LogP contribution in [0.5, 0.6) is 5.75 Å². The van der Waals surface area contributed by atoms with Crippen molar-refractivity contribution in [3.05, 3.63) is 59.2 Å². The SMILES string of the molecule is Cc1ccc(C(=O)Nc2ccccc2C(C)Br)c(O)c1. The van der Waals surface area contributed by atoms with E-state index in [1.54, 1.807) is 18.2 Å². The molecule has 1 amide bonds. The Hall–Kier alpha value is -1.81. The first-order valence-corrected chi connectivity index (χ1v) is 7.24. The molecule has 0 fully saturated rings. The molecule has 0 saturated heterocycles. The molecule has 1 unspecified atom stereocenters. The van der Waals surface area contributed by atoms with Crippen LogP contribution in [-0.4, -0.2) is 11.0 Å². The second kappa shape index (κ2) is 6.09. The number of carbonyl (C=O) groups is 1. The van der Waals surface area contributed by atoms with Crippen LogP contribution in [0.2, 0.25) is 0 Å². The van der Waals surface area contributed by atoms with E-state index in [-0.39, 0.29) is 22.0 Å². The largest absolute Gasteiger partial charge is 0.507 e. The fraction of sp³-hybridized carbons (Fsp3) is 0.188. The van der Waals surface area contributed by atoms with Crippen molar-refractivity contribution in [3.8, 4) is 5.75 Å². The fourth-order valence-corrected chi connectivity index (χ4v) is 2.38. The van der Waals surface area contributed by atoms with Gasteiger partial charge in [0.25, 0.3) is 5.91 Å². The molecule has 2 aromatic rings. The molecule has 2 rings (SSSR count). The quantitative estimate of drug-likeness (QED) is 0.817. The number of nitrogens with one attached hydrogen (secondary N) is 1. The Kier molecular flexibility index (Phi) is 4.45. The molecule has 4 heteroatoms. The molecule has 0 radical (unpaired) electrons. The number of phenolic OH excluding ortho intramolecular Hbond substituents is 1. The fourth-order valence-electron chi connectivity index (χ4n) is 1.98. The molecule has 3 nitrogen and oxygen atoms in total. The van der Waals surface area contributed by atoms with Crippen molar-refractivity contribution in [1.82, 2.24) is 0 Å². The number of para-hydroxylation sites is 1. The third-order valence-electron chi connectivity index (χ3n) is 3.04. The summed E-state index contributed by atoms with van der Waals surface area (Å²) in [6.07, 6.45) is 0. The Morgan fingerprint density at radius 3 is 2.60 bits per heavy atom. The third kappa shape index (κ3) is 3.20. The summed E-state index contributed by atoms with van der Waals surface area (Å²) in [5.74, 6) is -0.324. The lowest BCUT2D eigenvalue weighted by Gasteiger charge is -2.13. The smallest absolute Gasteiger partial charge is 0.259 e. The van der Waals surface area contributed by atoms with Crippen LogP contribution in [-0.2, 0) is 0 Å². The normalized spacial score (nSPS) is 11.9. The molecule has 0 aromatic heterocycles. The lowest BCUT2D eigenvalue weighted by Crippen LogP contribution is -2.13. The zero-order chi connectivity index (χ0) is 14.7. The number of rotatable bonds is 3. The highest BCUT2D eigenvalue weighted by atomic mass is 79.9. The van der Waals surface area contributed by atoms with Crippen molar-refractivity contribution in [2.45, 2.75) is 18.7 Å². The highest BCUT2D eigenvalue weighted by molar-refractivity contribution is 9.09. The van der Waals surface area contributed by atoms with E-state index in [4.69, 9.17) is 0 Å². The maximum absolute atomic E-state index is 12.2. The number of phenols is 1. The molecule has 0 aliphatic carbocycles. The van der Waals surface area contributed by atoms with E-state index < -0.39 is 0 Å². The highest BCUT2D eigenvalue weighted by Gasteiger charge is 2.14. The molecule has 0 heterocycles. The number of amides is 1. The van der Waals surface area contributed by atoms with Gasteiger partial charge in [-0.3, -0.25) is 4.79 Å². The summed E-state index contributed by atoms with van der Waals surface area (Å²) in [6.45, 7) is 3.86. The first kappa shape index (κ1) is 14.6. The summed E-state index contributed by atoms with van der Waals surface area (Å²) >= 11 is 3.50. The summed E-state index contributed by atoms with van der Waals surface area (Å²) in [5, 5.41) is 12.7. The summed E-state index contributed by atoms with van der Waals surface area (Å²) in [7, 11) is 0. The van der Waals surface area contributed by atoms with E-state index in [1.165, 1.54) is 0 Å². The van der Waals surface area contributed by atoms with Gasteiger partial charge < -0.3 is 10.4 Å². The minimum Gasteiger partial charge on any atom is -0.507 e. The van der Waals surface area contributed by atoms with Gasteiger partial charge in [-0.1, -0.05) is 40.2 Å². The number of alkyl halides is 1. The molecule has 0 saturated carbocycles. The van der Waals surface area contributed by atoms with E-state index in [2.05, 4.69) is 21.2 Å². The maximum Gasteiger partial charge on any atom is 0.259 e. The van der Waals surface area contributed by atoms with Crippen LogP contribution in [0.3, 0.4) is 0 Å². The molecule has 2 N–H and O–H groups in total. The molecule has 0 spiro atoms. The number of hydrogen-bond donors (Lipinski definition) is 2. The van der Waals surface area contributed by atoms with Crippen LogP contribution < -0.4 is 5.32 Å². The average Bonchev–Trinajstić information content (AvgIpc) is 2.38. The molecule has 0 bridgehead atoms. The zero-order valence-electron chi connectivity index (χ0n) is 11.4. The van der Waals surface area contributed by atoms with Crippen molar-refractivity contribution < 1.29 is 9.90 Å². The van der Waals surface area contributed by atoms with Crippen LogP contribution in [0, 0.1) is 6.92 Å². The van der Waals surface area contributed by atoms with Gasteiger partial charge in [-0.2, -0.15) is 0 Å². The van der Waals surface area contributed by atoms with Crippen LogP contribution in [0.15, 0.2) is 42.5 Å². The second-order valence-electron chi connectivity index (χ2n) is 4.68. The lowest BCUT2D eigenvalue weighted by molar-refractivity contribution is 0.102. The average molecular weight is 334 g/mol. The van der Waals surface area contributed by atoms with Gasteiger partial charge >= 0.3 is 0 Å². The van der Waals surface area contributed by atoms with Gasteiger partial charge in [0.15, 0.2) is 0 Å². The molecule has 20 heavy (non-hydrogen) atoms. The first-order valence-electron chi connectivity index (χ1n) is 6.33. The number of aromatic hydroxyl groups is 1. The van der Waals surface area contributed by atoms with E-state index >= 15 is 0 Å². The Balaban J connectivity index is 2.28. The Bertz CT molecular complexity index is 638. The van der Waals surface area contributed by atoms with Crippen molar-refractivity contribution in [3.63, 3.8) is 0 Å². The van der Waals surface area contributed by atoms with Gasteiger partial charge in [0.1, 0.15) is 5.75 Å². The number of anilines is 1. The molecular weight excluding hydrogens is 318 g/mol. The maximum atomic E-state index is 12.2. The third-order valence-corrected chi connectivity index (χ3v) is 3.53. The predicted molar refractivity (Wildman–Crippen MR) is 84.6 cm³/mol. The highest BCUT2D eigenvalue weighted by Crippen LogP contribution is 2.29. The van der Waals surface area contributed by atoms with Crippen molar-refractivity contribution in [1.29, 1.82) is 0 Å². The Labute approximate surface area is 126 Å². The van der Waals surface area contributed by atoms with Crippen LogP contribution in [0.1, 0.15) is 33.2 Å². The van der Waals surface area contributed by atoms with Crippen LogP contribution in [0.4, 0.5) is 5.69 Å². The van der Waals surface area contributed by atoms with Gasteiger partial charge in [0, 0.05) is 10.5 Å². The van der Waals surface area contributed by atoms with E-state index in [1.807, 2.05) is 38.1 Å². The second-order valence-corrected chi connectivity index (χ2v) is 6.05. The summed E-state index contributed by atoms with van der Waals surface area (Å²) in [5.41, 5.74) is 2.91. The van der Waals surface area contributed by atoms with Gasteiger partial charge in [0.05, 0.1) is 5.56 Å².